The van der Waals surface area contributed by atoms with Crippen LogP contribution in [-0.4, -0.2) is 23.0 Å². The van der Waals surface area contributed by atoms with E-state index in [4.69, 9.17) is 9.47 Å². The number of amides is 1. The van der Waals surface area contributed by atoms with Crippen molar-refractivity contribution in [1.82, 2.24) is 9.97 Å². The molecule has 0 aliphatic carbocycles. The van der Waals surface area contributed by atoms with Gasteiger partial charge in [0.25, 0.3) is 5.91 Å². The fraction of sp³-hybridized carbons (Fsp3) is 0.0870. The molecule has 4 rings (SSSR count). The minimum absolute atomic E-state index is 0.216. The Labute approximate surface area is 168 Å². The molecule has 0 saturated heterocycles. The van der Waals surface area contributed by atoms with Crippen molar-refractivity contribution >= 4 is 22.5 Å². The Morgan fingerprint density at radius 3 is 2.66 bits per heavy atom. The third kappa shape index (κ3) is 4.16. The first-order valence-electron chi connectivity index (χ1n) is 9.07. The van der Waals surface area contributed by atoms with Crippen molar-refractivity contribution in [3.05, 3.63) is 84.2 Å². The van der Waals surface area contributed by atoms with E-state index in [9.17, 15) is 4.79 Å². The zero-order valence-electron chi connectivity index (χ0n) is 16.0. The van der Waals surface area contributed by atoms with Gasteiger partial charge in [-0.25, -0.2) is 4.98 Å². The molecule has 0 aliphatic rings. The van der Waals surface area contributed by atoms with E-state index in [1.54, 1.807) is 37.7 Å². The highest BCUT2D eigenvalue weighted by molar-refractivity contribution is 6.06. The minimum Gasteiger partial charge on any atom is -0.493 e. The summed E-state index contributed by atoms with van der Waals surface area (Å²) in [6.07, 6.45) is 3.28. The molecule has 0 spiro atoms. The highest BCUT2D eigenvalue weighted by atomic mass is 16.5. The van der Waals surface area contributed by atoms with Gasteiger partial charge in [0.15, 0.2) is 11.5 Å². The molecule has 0 saturated carbocycles. The lowest BCUT2D eigenvalue weighted by Gasteiger charge is -2.11. The second kappa shape index (κ2) is 7.98. The maximum Gasteiger partial charge on any atom is 0.255 e. The molecule has 1 N–H and O–H groups in total. The highest BCUT2D eigenvalue weighted by Crippen LogP contribution is 2.31. The van der Waals surface area contributed by atoms with Crippen molar-refractivity contribution in [3.63, 3.8) is 0 Å². The number of hydrogen-bond acceptors (Lipinski definition) is 5. The van der Waals surface area contributed by atoms with E-state index in [-0.39, 0.29) is 5.91 Å². The van der Waals surface area contributed by atoms with Crippen molar-refractivity contribution in [2.75, 3.05) is 12.4 Å². The lowest BCUT2D eigenvalue weighted by molar-refractivity contribution is 0.102. The van der Waals surface area contributed by atoms with E-state index >= 15 is 0 Å². The van der Waals surface area contributed by atoms with Crippen molar-refractivity contribution in [1.29, 1.82) is 0 Å². The molecule has 144 valence electrons. The Bertz CT molecular complexity index is 1170. The Balaban J connectivity index is 1.47. The summed E-state index contributed by atoms with van der Waals surface area (Å²) in [5.41, 5.74) is 3.04. The molecule has 2 aromatic heterocycles. The number of anilines is 1. The first kappa shape index (κ1) is 18.4. The number of nitrogens with one attached hydrogen (secondary N) is 1. The van der Waals surface area contributed by atoms with Crippen LogP contribution in [0.4, 0.5) is 5.69 Å². The van der Waals surface area contributed by atoms with E-state index in [2.05, 4.69) is 15.3 Å². The molecule has 2 heterocycles. The largest absolute Gasteiger partial charge is 0.493 e. The van der Waals surface area contributed by atoms with Gasteiger partial charge in [-0.15, -0.1) is 0 Å². The third-order valence-corrected chi connectivity index (χ3v) is 4.39. The summed E-state index contributed by atoms with van der Waals surface area (Å²) in [4.78, 5) is 21.1. The predicted molar refractivity (Wildman–Crippen MR) is 112 cm³/mol. The second-order valence-corrected chi connectivity index (χ2v) is 6.51. The quantitative estimate of drug-likeness (QED) is 0.524. The van der Waals surface area contributed by atoms with E-state index < -0.39 is 0 Å². The Morgan fingerprint density at radius 2 is 1.86 bits per heavy atom. The smallest absolute Gasteiger partial charge is 0.255 e. The van der Waals surface area contributed by atoms with Gasteiger partial charge in [0, 0.05) is 23.2 Å². The molecule has 0 unspecified atom stereocenters. The van der Waals surface area contributed by atoms with Crippen molar-refractivity contribution < 1.29 is 14.3 Å². The maximum absolute atomic E-state index is 12.5. The van der Waals surface area contributed by atoms with E-state index in [1.807, 2.05) is 49.4 Å². The van der Waals surface area contributed by atoms with Crippen LogP contribution in [0, 0.1) is 6.92 Å². The molecule has 0 aliphatic heterocycles. The first-order chi connectivity index (χ1) is 14.1. The van der Waals surface area contributed by atoms with Crippen LogP contribution in [0.25, 0.3) is 10.9 Å². The molecule has 0 radical (unpaired) electrons. The molecular weight excluding hydrogens is 366 g/mol. The number of hydrogen-bond donors (Lipinski definition) is 1. The van der Waals surface area contributed by atoms with Crippen LogP contribution >= 0.6 is 0 Å². The van der Waals surface area contributed by atoms with Gasteiger partial charge in [0.1, 0.15) is 0 Å². The molecule has 0 bridgehead atoms. The number of rotatable bonds is 5. The van der Waals surface area contributed by atoms with Crippen LogP contribution in [0.15, 0.2) is 73.1 Å². The molecular formula is C23H19N3O3. The van der Waals surface area contributed by atoms with E-state index in [0.717, 1.165) is 16.5 Å². The SMILES string of the molecule is COc1cc(C)ccc1Oc1ccc(NC(=O)c2ccc3ncccc3c2)cn1. The van der Waals surface area contributed by atoms with Gasteiger partial charge < -0.3 is 14.8 Å². The van der Waals surface area contributed by atoms with Crippen LogP contribution in [0.5, 0.6) is 17.4 Å². The van der Waals surface area contributed by atoms with Gasteiger partial charge in [-0.05, 0) is 55.0 Å². The summed E-state index contributed by atoms with van der Waals surface area (Å²) in [6.45, 7) is 1.98. The highest BCUT2D eigenvalue weighted by Gasteiger charge is 2.09. The number of methoxy groups -OCH3 is 1. The topological polar surface area (TPSA) is 73.3 Å². The molecule has 4 aromatic rings. The molecule has 29 heavy (non-hydrogen) atoms. The van der Waals surface area contributed by atoms with Gasteiger partial charge in [-0.1, -0.05) is 12.1 Å². The molecule has 6 nitrogen and oxygen atoms in total. The van der Waals surface area contributed by atoms with E-state index in [1.165, 1.54) is 0 Å². The lowest BCUT2D eigenvalue weighted by Crippen LogP contribution is -2.12. The molecule has 1 amide bonds. The average molecular weight is 385 g/mol. The monoisotopic (exact) mass is 385 g/mol. The Morgan fingerprint density at radius 1 is 0.966 bits per heavy atom. The van der Waals surface area contributed by atoms with Gasteiger partial charge in [-0.2, -0.15) is 0 Å². The van der Waals surface area contributed by atoms with Gasteiger partial charge >= 0.3 is 0 Å². The number of ether oxygens (including phenoxy) is 2. The molecule has 2 aromatic carbocycles. The van der Waals surface area contributed by atoms with Crippen LogP contribution in [-0.2, 0) is 0 Å². The van der Waals surface area contributed by atoms with Crippen molar-refractivity contribution in [3.8, 4) is 17.4 Å². The fourth-order valence-corrected chi connectivity index (χ4v) is 2.91. The zero-order chi connectivity index (χ0) is 20.2. The zero-order valence-corrected chi connectivity index (χ0v) is 16.0. The predicted octanol–water partition coefficient (Wildman–Crippen LogP) is 4.99. The summed E-state index contributed by atoms with van der Waals surface area (Å²) in [5, 5.41) is 3.75. The normalized spacial score (nSPS) is 10.6. The fourth-order valence-electron chi connectivity index (χ4n) is 2.91. The molecule has 0 atom stereocenters. The number of carbonyl (C=O) groups is 1. The third-order valence-electron chi connectivity index (χ3n) is 4.39. The number of carbonyl (C=O) groups excluding carboxylic acids is 1. The first-order valence-corrected chi connectivity index (χ1v) is 9.07. The lowest BCUT2D eigenvalue weighted by atomic mass is 10.1. The standard InChI is InChI=1S/C23H19N3O3/c1-15-5-9-20(21(12-15)28-2)29-22-10-7-18(14-25-22)26-23(27)17-6-8-19-16(13-17)4-3-11-24-19/h3-14H,1-2H3,(H,26,27). The van der Waals surface area contributed by atoms with Gasteiger partial charge in [0.2, 0.25) is 5.88 Å². The summed E-state index contributed by atoms with van der Waals surface area (Å²) >= 11 is 0. The molecule has 0 fully saturated rings. The maximum atomic E-state index is 12.5. The average Bonchev–Trinajstić information content (AvgIpc) is 2.76. The van der Waals surface area contributed by atoms with Crippen molar-refractivity contribution in [2.24, 2.45) is 0 Å². The Kier molecular flexibility index (Phi) is 5.07. The van der Waals surface area contributed by atoms with Gasteiger partial charge in [0.05, 0.1) is 24.5 Å². The second-order valence-electron chi connectivity index (χ2n) is 6.51. The number of aryl methyl sites for hydroxylation is 1. The summed E-state index contributed by atoms with van der Waals surface area (Å²) in [6, 6.07) is 18.2. The van der Waals surface area contributed by atoms with Crippen molar-refractivity contribution in [2.45, 2.75) is 6.92 Å². The number of pyridine rings is 2. The van der Waals surface area contributed by atoms with Gasteiger partial charge in [-0.3, -0.25) is 9.78 Å². The summed E-state index contributed by atoms with van der Waals surface area (Å²) < 4.78 is 11.1. The number of aromatic nitrogens is 2. The summed E-state index contributed by atoms with van der Waals surface area (Å²) in [5.74, 6) is 1.40. The minimum atomic E-state index is -0.216. The van der Waals surface area contributed by atoms with Crippen LogP contribution in [0.3, 0.4) is 0 Å². The van der Waals surface area contributed by atoms with Crippen LogP contribution in [0.2, 0.25) is 0 Å². The molecule has 6 heteroatoms. The van der Waals surface area contributed by atoms with Crippen LogP contribution in [0.1, 0.15) is 15.9 Å². The van der Waals surface area contributed by atoms with E-state index in [0.29, 0.717) is 28.6 Å². The number of nitrogens with zero attached hydrogens (tertiary/aromatic N) is 2. The number of benzene rings is 2. The Hall–Kier alpha value is -3.93. The number of fused-ring (bicyclic) bond motifs is 1. The van der Waals surface area contributed by atoms with Crippen LogP contribution < -0.4 is 14.8 Å². The summed E-state index contributed by atoms with van der Waals surface area (Å²) in [7, 11) is 1.59.